The fourth-order valence-electron chi connectivity index (χ4n) is 1.01. The number of nitriles is 2. The Morgan fingerprint density at radius 3 is 2.60 bits per heavy atom. The van der Waals surface area contributed by atoms with Gasteiger partial charge in [-0.3, -0.25) is 0 Å². The SMILES string of the molecule is CCC=COc1ccc(C#N)c(C#N)c1. The molecule has 0 spiro atoms. The molecule has 0 saturated carbocycles. The van der Waals surface area contributed by atoms with Crippen LogP contribution in [0.5, 0.6) is 5.75 Å². The van der Waals surface area contributed by atoms with Gasteiger partial charge < -0.3 is 4.74 Å². The standard InChI is InChI=1S/C12H10N2O/c1-2-3-6-15-12-5-4-10(8-13)11(7-12)9-14/h3-7H,2H2,1H3. The van der Waals surface area contributed by atoms with Crippen molar-refractivity contribution >= 4 is 0 Å². The zero-order valence-corrected chi connectivity index (χ0v) is 8.40. The highest BCUT2D eigenvalue weighted by Gasteiger charge is 2.02. The Bertz CT molecular complexity index is 450. The molecule has 1 aromatic carbocycles. The molecule has 0 aliphatic heterocycles. The smallest absolute Gasteiger partial charge is 0.127 e. The van der Waals surface area contributed by atoms with Gasteiger partial charge >= 0.3 is 0 Å². The zero-order valence-electron chi connectivity index (χ0n) is 8.40. The van der Waals surface area contributed by atoms with Gasteiger partial charge in [-0.2, -0.15) is 10.5 Å². The second kappa shape index (κ2) is 5.47. The van der Waals surface area contributed by atoms with Crippen LogP contribution in [0.2, 0.25) is 0 Å². The third-order valence-corrected chi connectivity index (χ3v) is 1.77. The van der Waals surface area contributed by atoms with Crippen LogP contribution >= 0.6 is 0 Å². The van der Waals surface area contributed by atoms with Crippen LogP contribution in [0, 0.1) is 22.7 Å². The van der Waals surface area contributed by atoms with E-state index in [1.54, 1.807) is 24.5 Å². The Morgan fingerprint density at radius 1 is 1.27 bits per heavy atom. The first kappa shape index (κ1) is 10.8. The topological polar surface area (TPSA) is 56.8 Å². The summed E-state index contributed by atoms with van der Waals surface area (Å²) < 4.78 is 5.25. The predicted molar refractivity (Wildman–Crippen MR) is 55.9 cm³/mol. The molecule has 0 unspecified atom stereocenters. The first-order valence-corrected chi connectivity index (χ1v) is 4.57. The predicted octanol–water partition coefficient (Wildman–Crippen LogP) is 2.73. The molecule has 0 atom stereocenters. The van der Waals surface area contributed by atoms with Crippen LogP contribution < -0.4 is 4.74 Å². The van der Waals surface area contributed by atoms with Crippen molar-refractivity contribution in [2.75, 3.05) is 0 Å². The van der Waals surface area contributed by atoms with Crippen LogP contribution in [0.3, 0.4) is 0 Å². The van der Waals surface area contributed by atoms with E-state index in [0.29, 0.717) is 16.9 Å². The summed E-state index contributed by atoms with van der Waals surface area (Å²) in [6.45, 7) is 2.00. The van der Waals surface area contributed by atoms with Gasteiger partial charge in [0, 0.05) is 0 Å². The van der Waals surface area contributed by atoms with Gasteiger partial charge in [-0.05, 0) is 30.7 Å². The summed E-state index contributed by atoms with van der Waals surface area (Å²) in [5.74, 6) is 0.565. The van der Waals surface area contributed by atoms with Gasteiger partial charge in [0.25, 0.3) is 0 Å². The summed E-state index contributed by atoms with van der Waals surface area (Å²) in [6.07, 6.45) is 4.33. The Hall–Kier alpha value is -2.26. The van der Waals surface area contributed by atoms with Crippen molar-refractivity contribution < 1.29 is 4.74 Å². The second-order valence-corrected chi connectivity index (χ2v) is 2.83. The van der Waals surface area contributed by atoms with E-state index in [2.05, 4.69) is 0 Å². The number of benzene rings is 1. The molecule has 3 nitrogen and oxygen atoms in total. The van der Waals surface area contributed by atoms with Gasteiger partial charge in [-0.25, -0.2) is 0 Å². The molecule has 1 aromatic rings. The Balaban J connectivity index is 2.91. The van der Waals surface area contributed by atoms with Gasteiger partial charge in [-0.1, -0.05) is 6.92 Å². The van der Waals surface area contributed by atoms with Crippen molar-refractivity contribution in [2.24, 2.45) is 0 Å². The maximum absolute atomic E-state index is 8.77. The average molecular weight is 198 g/mol. The Kier molecular flexibility index (Phi) is 3.94. The molecular weight excluding hydrogens is 188 g/mol. The molecule has 3 heteroatoms. The highest BCUT2D eigenvalue weighted by atomic mass is 16.5. The lowest BCUT2D eigenvalue weighted by Gasteiger charge is -2.00. The van der Waals surface area contributed by atoms with Crippen molar-refractivity contribution in [1.82, 2.24) is 0 Å². The summed E-state index contributed by atoms with van der Waals surface area (Å²) in [6, 6.07) is 8.69. The van der Waals surface area contributed by atoms with Gasteiger partial charge in [0.05, 0.1) is 17.4 Å². The van der Waals surface area contributed by atoms with Crippen LogP contribution in [-0.2, 0) is 0 Å². The third-order valence-electron chi connectivity index (χ3n) is 1.77. The number of nitrogens with zero attached hydrogens (tertiary/aromatic N) is 2. The second-order valence-electron chi connectivity index (χ2n) is 2.83. The van der Waals surface area contributed by atoms with Gasteiger partial charge in [0.2, 0.25) is 0 Å². The van der Waals surface area contributed by atoms with Gasteiger partial charge in [0.1, 0.15) is 17.9 Å². The average Bonchev–Trinajstić information content (AvgIpc) is 2.29. The molecule has 1 rings (SSSR count). The zero-order chi connectivity index (χ0) is 11.1. The first-order valence-electron chi connectivity index (χ1n) is 4.57. The molecule has 74 valence electrons. The molecule has 0 amide bonds. The summed E-state index contributed by atoms with van der Waals surface area (Å²) in [7, 11) is 0. The number of rotatable bonds is 3. The lowest BCUT2D eigenvalue weighted by Crippen LogP contribution is -1.87. The van der Waals surface area contributed by atoms with Crippen molar-refractivity contribution in [3.05, 3.63) is 41.7 Å². The molecule has 0 aliphatic rings. The number of hydrogen-bond acceptors (Lipinski definition) is 3. The fraction of sp³-hybridized carbons (Fsp3) is 0.167. The summed E-state index contributed by atoms with van der Waals surface area (Å²) in [4.78, 5) is 0. The van der Waals surface area contributed by atoms with E-state index in [1.807, 2.05) is 25.1 Å². The third kappa shape index (κ3) is 2.86. The van der Waals surface area contributed by atoms with Crippen LogP contribution in [0.4, 0.5) is 0 Å². The maximum Gasteiger partial charge on any atom is 0.127 e. The van der Waals surface area contributed by atoms with Crippen LogP contribution in [-0.4, -0.2) is 0 Å². The molecule has 0 bridgehead atoms. The van der Waals surface area contributed by atoms with Crippen LogP contribution in [0.1, 0.15) is 24.5 Å². The van der Waals surface area contributed by atoms with E-state index >= 15 is 0 Å². The van der Waals surface area contributed by atoms with E-state index in [0.717, 1.165) is 6.42 Å². The molecule has 0 N–H and O–H groups in total. The molecule has 0 aliphatic carbocycles. The first-order chi connectivity index (χ1) is 7.31. The minimum atomic E-state index is 0.333. The largest absolute Gasteiger partial charge is 0.465 e. The van der Waals surface area contributed by atoms with E-state index < -0.39 is 0 Å². The van der Waals surface area contributed by atoms with Gasteiger partial charge in [-0.15, -0.1) is 0 Å². The van der Waals surface area contributed by atoms with E-state index in [1.165, 1.54) is 0 Å². The molecular formula is C12H10N2O. The summed E-state index contributed by atoms with van der Waals surface area (Å²) in [5.41, 5.74) is 0.698. The summed E-state index contributed by atoms with van der Waals surface area (Å²) in [5, 5.41) is 17.5. The van der Waals surface area contributed by atoms with Crippen LogP contribution in [0.15, 0.2) is 30.5 Å². The monoisotopic (exact) mass is 198 g/mol. The maximum atomic E-state index is 8.77. The van der Waals surface area contributed by atoms with E-state index in [9.17, 15) is 0 Å². The highest BCUT2D eigenvalue weighted by molar-refractivity contribution is 5.49. The van der Waals surface area contributed by atoms with Crippen molar-refractivity contribution in [3.8, 4) is 17.9 Å². The number of ether oxygens (including phenoxy) is 1. The minimum absolute atomic E-state index is 0.333. The molecule has 0 aromatic heterocycles. The normalized spacial score (nSPS) is 9.53. The van der Waals surface area contributed by atoms with E-state index in [4.69, 9.17) is 15.3 Å². The minimum Gasteiger partial charge on any atom is -0.465 e. The molecule has 15 heavy (non-hydrogen) atoms. The number of allylic oxidation sites excluding steroid dienone is 1. The van der Waals surface area contributed by atoms with E-state index in [-0.39, 0.29) is 0 Å². The summed E-state index contributed by atoms with van der Waals surface area (Å²) >= 11 is 0. The Morgan fingerprint density at radius 2 is 2.00 bits per heavy atom. The van der Waals surface area contributed by atoms with Crippen molar-refractivity contribution in [2.45, 2.75) is 13.3 Å². The van der Waals surface area contributed by atoms with Crippen LogP contribution in [0.25, 0.3) is 0 Å². The lowest BCUT2D eigenvalue weighted by atomic mass is 10.1. The molecule has 0 radical (unpaired) electrons. The van der Waals surface area contributed by atoms with Crippen molar-refractivity contribution in [3.63, 3.8) is 0 Å². The number of hydrogen-bond donors (Lipinski definition) is 0. The van der Waals surface area contributed by atoms with Gasteiger partial charge in [0.15, 0.2) is 0 Å². The molecule has 0 saturated heterocycles. The quantitative estimate of drug-likeness (QED) is 0.701. The Labute approximate surface area is 88.8 Å². The molecule has 0 fully saturated rings. The highest BCUT2D eigenvalue weighted by Crippen LogP contribution is 2.16. The lowest BCUT2D eigenvalue weighted by molar-refractivity contribution is 0.479. The van der Waals surface area contributed by atoms with Crippen molar-refractivity contribution in [1.29, 1.82) is 10.5 Å². The fourth-order valence-corrected chi connectivity index (χ4v) is 1.01. The molecule has 0 heterocycles.